The molecule has 3 saturated carbocycles. The Morgan fingerprint density at radius 1 is 0.736 bits per heavy atom. The first-order chi connectivity index (χ1) is 24.9. The second-order valence-corrected chi connectivity index (χ2v) is 15.1. The maximum absolute atomic E-state index is 13.9. The Morgan fingerprint density at radius 3 is 1.68 bits per heavy atom. The molecule has 2 N–H and O–H groups in total. The molecule has 2 saturated heterocycles. The van der Waals surface area contributed by atoms with Crippen LogP contribution in [0, 0.1) is 23.7 Å². The van der Waals surface area contributed by atoms with Crippen LogP contribution in [0.2, 0.25) is 0 Å². The van der Waals surface area contributed by atoms with Gasteiger partial charge in [-0.25, -0.2) is 9.59 Å². The van der Waals surface area contributed by atoms with Crippen LogP contribution < -0.4 is 0 Å². The molecule has 2 heterocycles. The zero-order valence-electron chi connectivity index (χ0n) is 30.8. The van der Waals surface area contributed by atoms with Gasteiger partial charge in [-0.15, -0.1) is 0 Å². The predicted molar refractivity (Wildman–Crippen MR) is 185 cm³/mol. The van der Waals surface area contributed by atoms with E-state index >= 15 is 0 Å². The maximum atomic E-state index is 13.9. The molecule has 2 aromatic carbocycles. The number of esters is 5. The van der Waals surface area contributed by atoms with E-state index in [9.17, 15) is 34.2 Å². The van der Waals surface area contributed by atoms with Gasteiger partial charge in [0.15, 0.2) is 12.2 Å². The van der Waals surface area contributed by atoms with E-state index in [1.54, 1.807) is 62.4 Å². The Balaban J connectivity index is 1.61. The zero-order chi connectivity index (χ0) is 38.8. The van der Waals surface area contributed by atoms with Gasteiger partial charge in [-0.1, -0.05) is 56.8 Å². The van der Waals surface area contributed by atoms with Gasteiger partial charge < -0.3 is 38.6 Å². The van der Waals surface area contributed by atoms with Gasteiger partial charge in [-0.3, -0.25) is 14.4 Å². The molecule has 1 spiro atoms. The Hall–Kier alpha value is -4.59. The topological polar surface area (TPSA) is 181 Å². The van der Waals surface area contributed by atoms with E-state index in [2.05, 4.69) is 6.58 Å². The summed E-state index contributed by atoms with van der Waals surface area (Å²) in [5.74, 6) is -8.46. The molecule has 2 aromatic rings. The first-order valence-corrected chi connectivity index (χ1v) is 17.7. The van der Waals surface area contributed by atoms with Crippen molar-refractivity contribution in [2.75, 3.05) is 0 Å². The highest BCUT2D eigenvalue weighted by Crippen LogP contribution is 2.70. The highest BCUT2D eigenvalue weighted by Gasteiger charge is 2.87. The lowest BCUT2D eigenvalue weighted by Gasteiger charge is -2.61. The Kier molecular flexibility index (Phi) is 9.62. The summed E-state index contributed by atoms with van der Waals surface area (Å²) in [5.41, 5.74) is -7.46. The lowest BCUT2D eigenvalue weighted by Crippen LogP contribution is -2.80. The highest BCUT2D eigenvalue weighted by atomic mass is 16.7. The maximum Gasteiger partial charge on any atom is 0.338 e. The van der Waals surface area contributed by atoms with Crippen molar-refractivity contribution in [2.24, 2.45) is 23.7 Å². The van der Waals surface area contributed by atoms with Gasteiger partial charge in [-0.05, 0) is 56.0 Å². The van der Waals surface area contributed by atoms with Crippen LogP contribution in [0.4, 0.5) is 0 Å². The monoisotopic (exact) mass is 734 g/mol. The van der Waals surface area contributed by atoms with Crippen LogP contribution in [0.1, 0.15) is 75.6 Å². The molecular weight excluding hydrogens is 688 g/mol. The molecule has 2 aliphatic heterocycles. The molecule has 5 aliphatic rings. The van der Waals surface area contributed by atoms with Crippen molar-refractivity contribution in [2.45, 2.75) is 108 Å². The Bertz CT molecular complexity index is 1810. The third-order valence-corrected chi connectivity index (χ3v) is 11.9. The Morgan fingerprint density at radius 2 is 1.23 bits per heavy atom. The lowest BCUT2D eigenvalue weighted by atomic mass is 9.52. The molecule has 3 aliphatic carbocycles. The zero-order valence-corrected chi connectivity index (χ0v) is 30.8. The van der Waals surface area contributed by atoms with E-state index < -0.39 is 106 Å². The van der Waals surface area contributed by atoms with E-state index in [1.807, 2.05) is 0 Å². The predicted octanol–water partition coefficient (Wildman–Crippen LogP) is 3.73. The number of aliphatic hydroxyl groups excluding tert-OH is 1. The van der Waals surface area contributed by atoms with Crippen molar-refractivity contribution >= 4 is 29.8 Å². The summed E-state index contributed by atoms with van der Waals surface area (Å²) in [7, 11) is 0. The van der Waals surface area contributed by atoms with Crippen LogP contribution in [0.3, 0.4) is 0 Å². The molecule has 13 atom stereocenters. The normalized spacial score (nSPS) is 39.5. The standard InChI is InChI=1S/C40H46O13/c1-20(2)39(52-25(7)43)31(51-35(45)27-17-13-10-14-18-27)22(4)38(47)28-19-21(3)30(50-34(44)26-15-11-9-12-16-26)40(28)36(46)37(8,53-40)32(48-23(5)41)29(38)33(39)49-24(6)42/h9-18,21-22,28-33,36,46-47H,1,19H2,2-8H3/t21-,22+,28-,29-,30-,31-,32-,33+,36+,37+,38-,39-,40+/m0/s1. The van der Waals surface area contributed by atoms with Crippen LogP contribution in [0.5, 0.6) is 0 Å². The smallest absolute Gasteiger partial charge is 0.338 e. The summed E-state index contributed by atoms with van der Waals surface area (Å²) < 4.78 is 37.3. The summed E-state index contributed by atoms with van der Waals surface area (Å²) in [4.78, 5) is 66.6. The second kappa shape index (κ2) is 13.4. The number of hydrogen-bond acceptors (Lipinski definition) is 13. The molecule has 5 fully saturated rings. The number of carbonyl (C=O) groups excluding carboxylic acids is 5. The van der Waals surface area contributed by atoms with Crippen molar-refractivity contribution in [1.82, 2.24) is 0 Å². The number of benzene rings is 2. The van der Waals surface area contributed by atoms with E-state index in [0.29, 0.717) is 0 Å². The SMILES string of the molecule is C=C(C)[C@@]1(OC(C)=O)[C@H](OC(C)=O)[C@@H]2[C@H](OC(C)=O)[C@@]3(C)O[C@@]4([C@@H]3O)[C@@H](OC(=O)c3ccccc3)[C@@H](C)C[C@H]4[C@@]2(O)[C@H](C)[C@@H]1OC(=O)c1ccccc1. The summed E-state index contributed by atoms with van der Waals surface area (Å²) in [6.07, 6.45) is -7.45. The lowest BCUT2D eigenvalue weighted by molar-refractivity contribution is -0.390. The van der Waals surface area contributed by atoms with Crippen molar-refractivity contribution < 1.29 is 62.6 Å². The van der Waals surface area contributed by atoms with Crippen LogP contribution in [-0.2, 0) is 42.8 Å². The summed E-state index contributed by atoms with van der Waals surface area (Å²) >= 11 is 0. The van der Waals surface area contributed by atoms with E-state index in [0.717, 1.165) is 20.8 Å². The van der Waals surface area contributed by atoms with Gasteiger partial charge in [0, 0.05) is 32.6 Å². The summed E-state index contributed by atoms with van der Waals surface area (Å²) in [5, 5.41) is 26.1. The molecule has 53 heavy (non-hydrogen) atoms. The van der Waals surface area contributed by atoms with Gasteiger partial charge in [-0.2, -0.15) is 0 Å². The number of aliphatic hydroxyl groups is 2. The highest BCUT2D eigenvalue weighted by molar-refractivity contribution is 5.90. The van der Waals surface area contributed by atoms with Crippen molar-refractivity contribution in [3.63, 3.8) is 0 Å². The summed E-state index contributed by atoms with van der Waals surface area (Å²) in [6, 6.07) is 16.3. The van der Waals surface area contributed by atoms with Crippen LogP contribution in [-0.4, -0.2) is 93.0 Å². The van der Waals surface area contributed by atoms with Crippen LogP contribution in [0.15, 0.2) is 72.8 Å². The van der Waals surface area contributed by atoms with E-state index in [4.69, 9.17) is 28.4 Å². The number of ether oxygens (including phenoxy) is 6. The van der Waals surface area contributed by atoms with Crippen LogP contribution in [0.25, 0.3) is 0 Å². The van der Waals surface area contributed by atoms with Crippen LogP contribution >= 0.6 is 0 Å². The quantitative estimate of drug-likeness (QED) is 0.228. The fourth-order valence-corrected chi connectivity index (χ4v) is 9.89. The number of hydrogen-bond donors (Lipinski definition) is 2. The summed E-state index contributed by atoms with van der Waals surface area (Å²) in [6.45, 7) is 13.9. The molecule has 13 nitrogen and oxygen atoms in total. The molecule has 0 unspecified atom stereocenters. The molecule has 284 valence electrons. The molecule has 2 bridgehead atoms. The average Bonchev–Trinajstić information content (AvgIpc) is 3.34. The Labute approximate surface area is 307 Å². The van der Waals surface area contributed by atoms with Gasteiger partial charge in [0.1, 0.15) is 29.5 Å². The van der Waals surface area contributed by atoms with Gasteiger partial charge in [0.05, 0.1) is 22.6 Å². The number of carbonyl (C=O) groups is 5. The van der Waals surface area contributed by atoms with Crippen molar-refractivity contribution in [3.05, 3.63) is 83.9 Å². The number of rotatable bonds is 8. The van der Waals surface area contributed by atoms with Gasteiger partial charge >= 0.3 is 29.8 Å². The third kappa shape index (κ3) is 5.58. The minimum Gasteiger partial charge on any atom is -0.459 e. The fraction of sp³-hybridized carbons (Fsp3) is 0.525. The molecule has 0 aromatic heterocycles. The molecule has 0 radical (unpaired) electrons. The molecule has 7 rings (SSSR count). The minimum absolute atomic E-state index is 0.0871. The minimum atomic E-state index is -2.21. The third-order valence-electron chi connectivity index (χ3n) is 11.9. The van der Waals surface area contributed by atoms with Gasteiger partial charge in [0.25, 0.3) is 0 Å². The second-order valence-electron chi connectivity index (χ2n) is 15.1. The fourth-order valence-electron chi connectivity index (χ4n) is 9.89. The van der Waals surface area contributed by atoms with E-state index in [-0.39, 0.29) is 23.1 Å². The largest absolute Gasteiger partial charge is 0.459 e. The first kappa shape index (κ1) is 38.1. The van der Waals surface area contributed by atoms with Crippen molar-refractivity contribution in [1.29, 1.82) is 0 Å². The van der Waals surface area contributed by atoms with Crippen molar-refractivity contribution in [3.8, 4) is 0 Å². The van der Waals surface area contributed by atoms with E-state index in [1.165, 1.54) is 26.0 Å². The molecular formula is C40H46O13. The first-order valence-electron chi connectivity index (χ1n) is 17.7. The molecule has 13 heteroatoms. The van der Waals surface area contributed by atoms with Gasteiger partial charge in [0.2, 0.25) is 5.60 Å². The molecule has 0 amide bonds. The average molecular weight is 735 g/mol.